The number of ether oxygens (including phenoxy) is 1. The van der Waals surface area contributed by atoms with E-state index in [-0.39, 0.29) is 18.3 Å². The van der Waals surface area contributed by atoms with Crippen molar-refractivity contribution in [2.24, 2.45) is 0 Å². The van der Waals surface area contributed by atoms with E-state index >= 15 is 0 Å². The zero-order valence-corrected chi connectivity index (χ0v) is 11.4. The largest absolute Gasteiger partial charge is 0.497 e. The number of carbonyl (C=O) groups excluding carboxylic acids is 1. The fraction of sp³-hybridized carbons (Fsp3) is 0.167. The van der Waals surface area contributed by atoms with Crippen LogP contribution in [0.2, 0.25) is 0 Å². The summed E-state index contributed by atoms with van der Waals surface area (Å²) in [7, 11) is 1.63. The molecule has 2 aromatic heterocycles. The molecule has 0 unspecified atom stereocenters. The zero-order chi connectivity index (χ0) is 13.9. The van der Waals surface area contributed by atoms with Gasteiger partial charge in [0.2, 0.25) is 5.91 Å². The van der Waals surface area contributed by atoms with Crippen molar-refractivity contribution in [1.29, 1.82) is 0 Å². The lowest BCUT2D eigenvalue weighted by molar-refractivity contribution is -0.115. The third-order valence-electron chi connectivity index (χ3n) is 2.71. The molecule has 0 aliphatic heterocycles. The lowest BCUT2D eigenvalue weighted by atomic mass is 10.2. The summed E-state index contributed by atoms with van der Waals surface area (Å²) < 4.78 is 6.30. The van der Waals surface area contributed by atoms with Gasteiger partial charge in [-0.2, -0.15) is 5.21 Å². The smallest absolute Gasteiger partial charge is 0.269 e. The first-order chi connectivity index (χ1) is 9.74. The van der Waals surface area contributed by atoms with Gasteiger partial charge in [0, 0.05) is 9.58 Å². The van der Waals surface area contributed by atoms with Gasteiger partial charge in [0.1, 0.15) is 5.75 Å². The van der Waals surface area contributed by atoms with Gasteiger partial charge in [0.15, 0.2) is 0 Å². The molecule has 0 saturated heterocycles. The molecular weight excluding hydrogens is 278 g/mol. The van der Waals surface area contributed by atoms with E-state index in [0.29, 0.717) is 0 Å². The SMILES string of the molecule is COc1ccc2sc(CC(=O)Nc3nn[nH]n3)cc2c1. The van der Waals surface area contributed by atoms with Gasteiger partial charge in [-0.05, 0) is 34.9 Å². The van der Waals surface area contributed by atoms with E-state index in [1.807, 2.05) is 24.3 Å². The first-order valence-corrected chi connectivity index (χ1v) is 6.66. The highest BCUT2D eigenvalue weighted by molar-refractivity contribution is 7.19. The van der Waals surface area contributed by atoms with E-state index in [4.69, 9.17) is 4.74 Å². The standard InChI is InChI=1S/C12H11N5O2S/c1-19-8-2-3-10-7(4-8)5-9(20-10)6-11(18)13-12-14-16-17-15-12/h2-5H,6H2,1H3,(H2,13,14,15,16,17,18). The Hall–Kier alpha value is -2.48. The average Bonchev–Trinajstić information content (AvgIpc) is 3.06. The zero-order valence-electron chi connectivity index (χ0n) is 10.6. The molecule has 102 valence electrons. The van der Waals surface area contributed by atoms with Crippen LogP contribution < -0.4 is 10.1 Å². The molecule has 0 atom stereocenters. The molecule has 3 aromatic rings. The first kappa shape index (κ1) is 12.5. The number of aromatic amines is 1. The Balaban J connectivity index is 1.75. The Bertz CT molecular complexity index is 737. The van der Waals surface area contributed by atoms with Crippen LogP contribution >= 0.6 is 11.3 Å². The second-order valence-electron chi connectivity index (χ2n) is 4.08. The van der Waals surface area contributed by atoms with Crippen LogP contribution in [0, 0.1) is 0 Å². The number of nitrogens with zero attached hydrogens (tertiary/aromatic N) is 3. The highest BCUT2D eigenvalue weighted by Gasteiger charge is 2.10. The van der Waals surface area contributed by atoms with Gasteiger partial charge in [0.05, 0.1) is 13.5 Å². The maximum atomic E-state index is 11.8. The second kappa shape index (κ2) is 5.25. The minimum Gasteiger partial charge on any atom is -0.497 e. The van der Waals surface area contributed by atoms with Crippen molar-refractivity contribution < 1.29 is 9.53 Å². The molecule has 1 aromatic carbocycles. The van der Waals surface area contributed by atoms with Gasteiger partial charge < -0.3 is 4.74 Å². The third kappa shape index (κ3) is 2.59. The van der Waals surface area contributed by atoms with E-state index < -0.39 is 0 Å². The molecule has 2 N–H and O–H groups in total. The summed E-state index contributed by atoms with van der Waals surface area (Å²) in [5.41, 5.74) is 0. The molecule has 0 saturated carbocycles. The molecule has 0 spiro atoms. The topological polar surface area (TPSA) is 92.8 Å². The maximum Gasteiger partial charge on any atom is 0.269 e. The summed E-state index contributed by atoms with van der Waals surface area (Å²) in [6, 6.07) is 7.83. The molecule has 7 nitrogen and oxygen atoms in total. The summed E-state index contributed by atoms with van der Waals surface area (Å²) in [5, 5.41) is 16.6. The fourth-order valence-electron chi connectivity index (χ4n) is 1.83. The van der Waals surface area contributed by atoms with E-state index in [2.05, 4.69) is 25.9 Å². The molecule has 0 bridgehead atoms. The Kier molecular flexibility index (Phi) is 3.30. The normalized spacial score (nSPS) is 10.7. The van der Waals surface area contributed by atoms with Crippen molar-refractivity contribution in [3.05, 3.63) is 29.1 Å². The number of aromatic nitrogens is 4. The minimum atomic E-state index is -0.176. The quantitative estimate of drug-likeness (QED) is 0.761. The number of amides is 1. The molecular formula is C12H11N5O2S. The highest BCUT2D eigenvalue weighted by Crippen LogP contribution is 2.29. The van der Waals surface area contributed by atoms with Crippen LogP contribution in [0.4, 0.5) is 5.95 Å². The predicted octanol–water partition coefficient (Wildman–Crippen LogP) is 1.60. The van der Waals surface area contributed by atoms with Crippen molar-refractivity contribution in [2.45, 2.75) is 6.42 Å². The number of hydrogen-bond donors (Lipinski definition) is 2. The average molecular weight is 289 g/mol. The van der Waals surface area contributed by atoms with Gasteiger partial charge in [-0.1, -0.05) is 5.10 Å². The van der Waals surface area contributed by atoms with Crippen LogP contribution in [0.3, 0.4) is 0 Å². The number of fused-ring (bicyclic) bond motifs is 1. The number of methoxy groups -OCH3 is 1. The van der Waals surface area contributed by atoms with Gasteiger partial charge in [-0.25, -0.2) is 0 Å². The summed E-state index contributed by atoms with van der Waals surface area (Å²) in [6.07, 6.45) is 0.274. The number of carbonyl (C=O) groups is 1. The van der Waals surface area contributed by atoms with E-state index in [1.165, 1.54) is 0 Å². The van der Waals surface area contributed by atoms with E-state index in [1.54, 1.807) is 18.4 Å². The number of anilines is 1. The van der Waals surface area contributed by atoms with Crippen LogP contribution in [-0.4, -0.2) is 33.6 Å². The van der Waals surface area contributed by atoms with Crippen LogP contribution in [-0.2, 0) is 11.2 Å². The van der Waals surface area contributed by atoms with Crippen molar-refractivity contribution >= 4 is 33.3 Å². The molecule has 1 amide bonds. The third-order valence-corrected chi connectivity index (χ3v) is 3.82. The lowest BCUT2D eigenvalue weighted by Gasteiger charge is -1.97. The molecule has 8 heteroatoms. The highest BCUT2D eigenvalue weighted by atomic mass is 32.1. The summed E-state index contributed by atoms with van der Waals surface area (Å²) in [6.45, 7) is 0. The van der Waals surface area contributed by atoms with Gasteiger partial charge >= 0.3 is 0 Å². The summed E-state index contributed by atoms with van der Waals surface area (Å²) in [5.74, 6) is 0.806. The van der Waals surface area contributed by atoms with Crippen LogP contribution in [0.1, 0.15) is 4.88 Å². The van der Waals surface area contributed by atoms with Crippen LogP contribution in [0.15, 0.2) is 24.3 Å². The summed E-state index contributed by atoms with van der Waals surface area (Å²) >= 11 is 1.58. The van der Waals surface area contributed by atoms with Gasteiger partial charge in [0.25, 0.3) is 5.95 Å². The molecule has 0 aliphatic carbocycles. The van der Waals surface area contributed by atoms with Gasteiger partial charge in [-0.15, -0.1) is 16.4 Å². The van der Waals surface area contributed by atoms with Crippen LogP contribution in [0.5, 0.6) is 5.75 Å². The lowest BCUT2D eigenvalue weighted by Crippen LogP contribution is -2.14. The second-order valence-corrected chi connectivity index (χ2v) is 5.25. The van der Waals surface area contributed by atoms with Crippen molar-refractivity contribution in [3.8, 4) is 5.75 Å². The van der Waals surface area contributed by atoms with Crippen molar-refractivity contribution in [1.82, 2.24) is 20.6 Å². The fourth-order valence-corrected chi connectivity index (χ4v) is 2.88. The number of H-pyrrole nitrogens is 1. The molecule has 0 radical (unpaired) electrons. The van der Waals surface area contributed by atoms with Crippen molar-refractivity contribution in [2.75, 3.05) is 12.4 Å². The predicted molar refractivity (Wildman–Crippen MR) is 74.9 cm³/mol. The van der Waals surface area contributed by atoms with Gasteiger partial charge in [-0.3, -0.25) is 10.1 Å². The Labute approximate surface area is 118 Å². The van der Waals surface area contributed by atoms with Crippen molar-refractivity contribution in [3.63, 3.8) is 0 Å². The number of benzene rings is 1. The first-order valence-electron chi connectivity index (χ1n) is 5.84. The number of tetrazole rings is 1. The molecule has 0 fully saturated rings. The number of nitrogens with one attached hydrogen (secondary N) is 2. The Morgan fingerprint density at radius 2 is 2.35 bits per heavy atom. The van der Waals surface area contributed by atoms with Crippen LogP contribution in [0.25, 0.3) is 10.1 Å². The number of hydrogen-bond acceptors (Lipinski definition) is 6. The molecule has 0 aliphatic rings. The molecule has 2 heterocycles. The summed E-state index contributed by atoms with van der Waals surface area (Å²) in [4.78, 5) is 12.8. The monoisotopic (exact) mass is 289 g/mol. The number of thiophene rings is 1. The molecule has 20 heavy (non-hydrogen) atoms. The molecule has 3 rings (SSSR count). The Morgan fingerprint density at radius 1 is 1.45 bits per heavy atom. The number of rotatable bonds is 4. The maximum absolute atomic E-state index is 11.8. The van der Waals surface area contributed by atoms with E-state index in [0.717, 1.165) is 20.7 Å². The minimum absolute atomic E-state index is 0.176. The Morgan fingerprint density at radius 3 is 3.10 bits per heavy atom. The van der Waals surface area contributed by atoms with E-state index in [9.17, 15) is 4.79 Å².